The molecule has 12 heavy (non-hydrogen) atoms. The van der Waals surface area contributed by atoms with Crippen molar-refractivity contribution < 1.29 is 0 Å². The molecule has 0 bridgehead atoms. The maximum atomic E-state index is 2.61. The van der Waals surface area contributed by atoms with Gasteiger partial charge in [-0.2, -0.15) is 0 Å². The van der Waals surface area contributed by atoms with E-state index in [0.29, 0.717) is 0 Å². The molecule has 0 radical (unpaired) electrons. The lowest BCUT2D eigenvalue weighted by atomic mass is 10.3. The minimum Gasteiger partial charge on any atom is -0.306 e. The molecule has 0 N–H and O–H groups in total. The van der Waals surface area contributed by atoms with Gasteiger partial charge in [0.05, 0.1) is 0 Å². The van der Waals surface area contributed by atoms with Gasteiger partial charge in [-0.05, 0) is 39.8 Å². The zero-order chi connectivity index (χ0) is 8.88. The van der Waals surface area contributed by atoms with Gasteiger partial charge in [0, 0.05) is 25.2 Å². The molecule has 70 valence electrons. The molecule has 2 unspecified atom stereocenters. The molecule has 0 spiro atoms. The first-order valence-corrected chi connectivity index (χ1v) is 5.01. The van der Waals surface area contributed by atoms with Crippen molar-refractivity contribution in [2.24, 2.45) is 11.8 Å². The fraction of sp³-hybridized carbons (Fsp3) is 1.00. The minimum absolute atomic E-state index is 0.751. The van der Waals surface area contributed by atoms with E-state index in [-0.39, 0.29) is 0 Å². The lowest BCUT2D eigenvalue weighted by molar-refractivity contribution is 0.212. The highest BCUT2D eigenvalue weighted by Crippen LogP contribution is 2.48. The topological polar surface area (TPSA) is 6.48 Å². The zero-order valence-corrected chi connectivity index (χ0v) is 8.62. The summed E-state index contributed by atoms with van der Waals surface area (Å²) in [7, 11) is 4.42. The van der Waals surface area contributed by atoms with Crippen LogP contribution in [0.15, 0.2) is 0 Å². The van der Waals surface area contributed by atoms with Crippen LogP contribution in [0, 0.1) is 11.8 Å². The quantitative estimate of drug-likeness (QED) is 0.604. The van der Waals surface area contributed by atoms with Crippen molar-refractivity contribution in [3.63, 3.8) is 0 Å². The summed E-state index contributed by atoms with van der Waals surface area (Å²) in [5, 5.41) is 0. The van der Waals surface area contributed by atoms with E-state index >= 15 is 0 Å². The molecule has 0 amide bonds. The maximum Gasteiger partial charge on any atom is 0.0177 e. The van der Waals surface area contributed by atoms with Crippen LogP contribution in [0.3, 0.4) is 0 Å². The van der Waals surface area contributed by atoms with Gasteiger partial charge < -0.3 is 9.80 Å². The first kappa shape index (κ1) is 8.52. The standard InChI is InChI=1S/C10H20N2/c1-7(2)12-5-8-9(6-12)10(8)11(3)4/h7-10H,5-6H2,1-4H3. The molecule has 0 aromatic rings. The van der Waals surface area contributed by atoms with Gasteiger partial charge >= 0.3 is 0 Å². The Morgan fingerprint density at radius 1 is 1.17 bits per heavy atom. The number of nitrogens with zero attached hydrogens (tertiary/aromatic N) is 2. The summed E-state index contributed by atoms with van der Waals surface area (Å²) >= 11 is 0. The highest BCUT2D eigenvalue weighted by atomic mass is 15.3. The normalized spacial score (nSPS) is 41.0. The Hall–Kier alpha value is -0.0800. The van der Waals surface area contributed by atoms with Gasteiger partial charge in [0.1, 0.15) is 0 Å². The molecule has 1 aliphatic carbocycles. The highest BCUT2D eigenvalue weighted by Gasteiger charge is 2.56. The van der Waals surface area contributed by atoms with Crippen molar-refractivity contribution in [3.05, 3.63) is 0 Å². The van der Waals surface area contributed by atoms with Crippen molar-refractivity contribution in [2.45, 2.75) is 25.9 Å². The van der Waals surface area contributed by atoms with Crippen molar-refractivity contribution in [2.75, 3.05) is 27.2 Å². The van der Waals surface area contributed by atoms with Crippen LogP contribution in [0.25, 0.3) is 0 Å². The van der Waals surface area contributed by atoms with Crippen LogP contribution < -0.4 is 0 Å². The van der Waals surface area contributed by atoms with E-state index in [1.54, 1.807) is 0 Å². The molecular weight excluding hydrogens is 148 g/mol. The molecule has 2 aliphatic rings. The van der Waals surface area contributed by atoms with Crippen molar-refractivity contribution in [1.82, 2.24) is 9.80 Å². The largest absolute Gasteiger partial charge is 0.306 e. The Morgan fingerprint density at radius 2 is 1.67 bits per heavy atom. The summed E-state index contributed by atoms with van der Waals surface area (Å²) in [4.78, 5) is 5.00. The fourth-order valence-corrected chi connectivity index (χ4v) is 2.72. The average molecular weight is 168 g/mol. The molecule has 2 rings (SSSR count). The Balaban J connectivity index is 1.86. The summed E-state index contributed by atoms with van der Waals surface area (Å²) in [5.41, 5.74) is 0. The zero-order valence-electron chi connectivity index (χ0n) is 8.62. The lowest BCUT2D eigenvalue weighted by Crippen LogP contribution is -2.35. The van der Waals surface area contributed by atoms with Crippen LogP contribution >= 0.6 is 0 Å². The molecule has 2 nitrogen and oxygen atoms in total. The molecule has 1 saturated heterocycles. The summed E-state index contributed by atoms with van der Waals surface area (Å²) in [6, 6.07) is 1.65. The van der Waals surface area contributed by atoms with Gasteiger partial charge in [0.25, 0.3) is 0 Å². The number of likely N-dealkylation sites (tertiary alicyclic amines) is 1. The second-order valence-electron chi connectivity index (χ2n) is 4.83. The summed E-state index contributed by atoms with van der Waals surface area (Å²) in [5.74, 6) is 1.98. The van der Waals surface area contributed by atoms with Crippen molar-refractivity contribution in [3.8, 4) is 0 Å². The Kier molecular flexibility index (Phi) is 1.92. The molecule has 1 saturated carbocycles. The average Bonchev–Trinajstić information content (AvgIpc) is 2.48. The van der Waals surface area contributed by atoms with E-state index in [1.165, 1.54) is 13.1 Å². The first-order valence-electron chi connectivity index (χ1n) is 5.01. The van der Waals surface area contributed by atoms with Crippen LogP contribution in [-0.4, -0.2) is 49.1 Å². The van der Waals surface area contributed by atoms with Gasteiger partial charge in [-0.1, -0.05) is 0 Å². The third kappa shape index (κ3) is 1.17. The second-order valence-corrected chi connectivity index (χ2v) is 4.83. The van der Waals surface area contributed by atoms with Gasteiger partial charge in [0.2, 0.25) is 0 Å². The predicted octanol–water partition coefficient (Wildman–Crippen LogP) is 0.887. The third-order valence-electron chi connectivity index (χ3n) is 3.50. The van der Waals surface area contributed by atoms with Gasteiger partial charge in [-0.3, -0.25) is 0 Å². The van der Waals surface area contributed by atoms with Crippen LogP contribution in [0.1, 0.15) is 13.8 Å². The summed E-state index contributed by atoms with van der Waals surface area (Å²) < 4.78 is 0. The maximum absolute atomic E-state index is 2.61. The highest BCUT2D eigenvalue weighted by molar-refractivity contribution is 5.10. The number of hydrogen-bond acceptors (Lipinski definition) is 2. The van der Waals surface area contributed by atoms with Gasteiger partial charge in [-0.25, -0.2) is 0 Å². The van der Waals surface area contributed by atoms with Crippen LogP contribution in [-0.2, 0) is 0 Å². The number of rotatable bonds is 2. The Bertz CT molecular complexity index is 159. The molecule has 1 aliphatic heterocycles. The van der Waals surface area contributed by atoms with Crippen molar-refractivity contribution >= 4 is 0 Å². The monoisotopic (exact) mass is 168 g/mol. The smallest absolute Gasteiger partial charge is 0.0177 e. The molecular formula is C10H20N2. The first-order chi connectivity index (χ1) is 5.61. The van der Waals surface area contributed by atoms with Crippen LogP contribution in [0.2, 0.25) is 0 Å². The van der Waals surface area contributed by atoms with Gasteiger partial charge in [0.15, 0.2) is 0 Å². The van der Waals surface area contributed by atoms with E-state index in [1.807, 2.05) is 0 Å². The van der Waals surface area contributed by atoms with Crippen molar-refractivity contribution in [1.29, 1.82) is 0 Å². The molecule has 2 fully saturated rings. The van der Waals surface area contributed by atoms with Gasteiger partial charge in [-0.15, -0.1) is 0 Å². The van der Waals surface area contributed by atoms with E-state index in [2.05, 4.69) is 37.7 Å². The van der Waals surface area contributed by atoms with Crippen LogP contribution in [0.5, 0.6) is 0 Å². The van der Waals surface area contributed by atoms with E-state index in [4.69, 9.17) is 0 Å². The summed E-state index contributed by atoms with van der Waals surface area (Å²) in [6.45, 7) is 7.28. The summed E-state index contributed by atoms with van der Waals surface area (Å²) in [6.07, 6.45) is 0. The second kappa shape index (κ2) is 2.71. The molecule has 0 aromatic heterocycles. The number of hydrogen-bond donors (Lipinski definition) is 0. The lowest BCUT2D eigenvalue weighted by Gasteiger charge is -2.25. The third-order valence-corrected chi connectivity index (χ3v) is 3.50. The van der Waals surface area contributed by atoms with E-state index in [9.17, 15) is 0 Å². The molecule has 2 heteroatoms. The van der Waals surface area contributed by atoms with E-state index < -0.39 is 0 Å². The molecule has 0 aromatic carbocycles. The predicted molar refractivity (Wildman–Crippen MR) is 51.2 cm³/mol. The Labute approximate surface area is 75.5 Å². The molecule has 2 atom stereocenters. The fourth-order valence-electron chi connectivity index (χ4n) is 2.72. The van der Waals surface area contributed by atoms with E-state index in [0.717, 1.165) is 23.9 Å². The SMILES string of the molecule is CC(C)N1CC2C(C1)C2N(C)C. The molecule has 1 heterocycles. The number of fused-ring (bicyclic) bond motifs is 1. The Morgan fingerprint density at radius 3 is 2.00 bits per heavy atom. The minimum atomic E-state index is 0.751. The van der Waals surface area contributed by atoms with Crippen LogP contribution in [0.4, 0.5) is 0 Å². The number of piperidine rings is 1.